The summed E-state index contributed by atoms with van der Waals surface area (Å²) in [6.07, 6.45) is 1.08. The predicted molar refractivity (Wildman–Crippen MR) is 104 cm³/mol. The Hall–Kier alpha value is -1.79. The van der Waals surface area contributed by atoms with Crippen molar-refractivity contribution in [2.24, 2.45) is 5.92 Å². The number of methoxy groups -OCH3 is 1. The Kier molecular flexibility index (Phi) is 8.19. The summed E-state index contributed by atoms with van der Waals surface area (Å²) in [5, 5.41) is 3.04. The number of hydrogen-bond acceptors (Lipinski definition) is 5. The van der Waals surface area contributed by atoms with Gasteiger partial charge in [0.1, 0.15) is 0 Å². The quantitative estimate of drug-likeness (QED) is 0.726. The van der Waals surface area contributed by atoms with Crippen molar-refractivity contribution in [3.05, 3.63) is 24.3 Å². The topological polar surface area (TPSA) is 54.0 Å². The molecule has 0 aromatic heterocycles. The Morgan fingerprint density at radius 3 is 2.42 bits per heavy atom. The largest absolute Gasteiger partial charge is 0.493 e. The summed E-state index contributed by atoms with van der Waals surface area (Å²) in [7, 11) is 3.75. The van der Waals surface area contributed by atoms with Crippen LogP contribution in [0, 0.1) is 5.92 Å². The minimum Gasteiger partial charge on any atom is -0.493 e. The first-order chi connectivity index (χ1) is 12.5. The maximum atomic E-state index is 12.2. The van der Waals surface area contributed by atoms with Gasteiger partial charge in [-0.1, -0.05) is 26.0 Å². The SMILES string of the molecule is COc1ccccc1OCC(=O)NCC(CC(C)C)N1CCN(C)CC1. The predicted octanol–water partition coefficient (Wildman–Crippen LogP) is 1.85. The lowest BCUT2D eigenvalue weighted by atomic mass is 10.0. The van der Waals surface area contributed by atoms with Crippen molar-refractivity contribution in [3.8, 4) is 11.5 Å². The molecular weight excluding hydrogens is 330 g/mol. The second kappa shape index (κ2) is 10.4. The van der Waals surface area contributed by atoms with Crippen LogP contribution in [0.2, 0.25) is 0 Å². The molecule has 1 fully saturated rings. The molecule has 2 rings (SSSR count). The van der Waals surface area contributed by atoms with Crippen LogP contribution in [-0.2, 0) is 4.79 Å². The molecule has 0 bridgehead atoms. The molecule has 6 heteroatoms. The van der Waals surface area contributed by atoms with Crippen LogP contribution in [0.5, 0.6) is 11.5 Å². The normalized spacial score (nSPS) is 17.1. The molecule has 0 saturated carbocycles. The Morgan fingerprint density at radius 1 is 1.15 bits per heavy atom. The molecule has 1 saturated heterocycles. The van der Waals surface area contributed by atoms with E-state index in [1.807, 2.05) is 18.2 Å². The standard InChI is InChI=1S/C20H33N3O3/c1-16(2)13-17(23-11-9-22(3)10-12-23)14-21-20(24)15-26-19-8-6-5-7-18(19)25-4/h5-8,16-17H,9-15H2,1-4H3,(H,21,24). The van der Waals surface area contributed by atoms with E-state index in [1.165, 1.54) is 0 Å². The number of likely N-dealkylation sites (N-methyl/N-ethyl adjacent to an activating group) is 1. The monoisotopic (exact) mass is 363 g/mol. The summed E-state index contributed by atoms with van der Waals surface area (Å²) < 4.78 is 10.8. The third kappa shape index (κ3) is 6.50. The average Bonchev–Trinajstić information content (AvgIpc) is 2.64. The van der Waals surface area contributed by atoms with Crippen LogP contribution in [-0.4, -0.2) is 75.2 Å². The molecule has 1 aromatic rings. The van der Waals surface area contributed by atoms with E-state index in [-0.39, 0.29) is 12.5 Å². The Morgan fingerprint density at radius 2 is 1.81 bits per heavy atom. The number of benzene rings is 1. The molecule has 1 aliphatic rings. The van der Waals surface area contributed by atoms with Gasteiger partial charge in [-0.15, -0.1) is 0 Å². The van der Waals surface area contributed by atoms with Crippen molar-refractivity contribution in [2.45, 2.75) is 26.3 Å². The molecule has 1 N–H and O–H groups in total. The fourth-order valence-electron chi connectivity index (χ4n) is 3.26. The van der Waals surface area contributed by atoms with Crippen LogP contribution >= 0.6 is 0 Å². The van der Waals surface area contributed by atoms with Gasteiger partial charge < -0.3 is 19.7 Å². The number of ether oxygens (including phenoxy) is 2. The number of nitrogens with one attached hydrogen (secondary N) is 1. The average molecular weight is 364 g/mol. The maximum Gasteiger partial charge on any atom is 0.257 e. The maximum absolute atomic E-state index is 12.2. The van der Waals surface area contributed by atoms with E-state index in [9.17, 15) is 4.79 Å². The van der Waals surface area contributed by atoms with Crippen molar-refractivity contribution in [2.75, 3.05) is 53.5 Å². The van der Waals surface area contributed by atoms with Crippen LogP contribution in [0.25, 0.3) is 0 Å². The molecule has 1 atom stereocenters. The number of carbonyl (C=O) groups is 1. The Bertz CT molecular complexity index is 557. The summed E-state index contributed by atoms with van der Waals surface area (Å²) in [6, 6.07) is 7.73. The number of piperazine rings is 1. The highest BCUT2D eigenvalue weighted by atomic mass is 16.5. The lowest BCUT2D eigenvalue weighted by Crippen LogP contribution is -2.53. The van der Waals surface area contributed by atoms with Gasteiger partial charge >= 0.3 is 0 Å². The first kappa shape index (κ1) is 20.5. The molecule has 1 aliphatic heterocycles. The molecule has 1 amide bonds. The minimum atomic E-state index is -0.0983. The molecule has 1 aromatic carbocycles. The van der Waals surface area contributed by atoms with E-state index in [0.717, 1.165) is 32.6 Å². The molecule has 0 aliphatic carbocycles. The van der Waals surface area contributed by atoms with Crippen molar-refractivity contribution >= 4 is 5.91 Å². The van der Waals surface area contributed by atoms with Crippen LogP contribution in [0.1, 0.15) is 20.3 Å². The van der Waals surface area contributed by atoms with Gasteiger partial charge in [0, 0.05) is 38.8 Å². The van der Waals surface area contributed by atoms with E-state index in [4.69, 9.17) is 9.47 Å². The second-order valence-electron chi connectivity index (χ2n) is 7.37. The Balaban J connectivity index is 1.82. The summed E-state index contributed by atoms with van der Waals surface area (Å²) in [5.41, 5.74) is 0. The number of rotatable bonds is 9. The zero-order valence-electron chi connectivity index (χ0n) is 16.5. The first-order valence-corrected chi connectivity index (χ1v) is 9.44. The molecule has 26 heavy (non-hydrogen) atoms. The highest BCUT2D eigenvalue weighted by molar-refractivity contribution is 5.77. The summed E-state index contributed by atoms with van der Waals surface area (Å²) in [5.74, 6) is 1.72. The molecule has 0 spiro atoms. The van der Waals surface area contributed by atoms with Crippen molar-refractivity contribution in [1.29, 1.82) is 0 Å². The van der Waals surface area contributed by atoms with Crippen LogP contribution in [0.3, 0.4) is 0 Å². The second-order valence-corrected chi connectivity index (χ2v) is 7.37. The summed E-state index contributed by atoms with van der Waals surface area (Å²) >= 11 is 0. The number of hydrogen-bond donors (Lipinski definition) is 1. The number of nitrogens with zero attached hydrogens (tertiary/aromatic N) is 2. The smallest absolute Gasteiger partial charge is 0.257 e. The third-order valence-corrected chi connectivity index (χ3v) is 4.76. The first-order valence-electron chi connectivity index (χ1n) is 9.44. The lowest BCUT2D eigenvalue weighted by molar-refractivity contribution is -0.123. The molecule has 6 nitrogen and oxygen atoms in total. The molecule has 1 heterocycles. The lowest BCUT2D eigenvalue weighted by Gasteiger charge is -2.38. The molecule has 146 valence electrons. The highest BCUT2D eigenvalue weighted by Gasteiger charge is 2.23. The van der Waals surface area contributed by atoms with Gasteiger partial charge in [-0.3, -0.25) is 9.69 Å². The van der Waals surface area contributed by atoms with Gasteiger partial charge in [-0.25, -0.2) is 0 Å². The number of carbonyl (C=O) groups excluding carboxylic acids is 1. The van der Waals surface area contributed by atoms with Gasteiger partial charge in [-0.2, -0.15) is 0 Å². The van der Waals surface area contributed by atoms with E-state index in [1.54, 1.807) is 13.2 Å². The van der Waals surface area contributed by atoms with Gasteiger partial charge in [0.05, 0.1) is 7.11 Å². The molecule has 1 unspecified atom stereocenters. The molecule has 0 radical (unpaired) electrons. The van der Waals surface area contributed by atoms with E-state index in [0.29, 0.717) is 30.0 Å². The van der Waals surface area contributed by atoms with E-state index < -0.39 is 0 Å². The van der Waals surface area contributed by atoms with E-state index in [2.05, 4.69) is 36.0 Å². The van der Waals surface area contributed by atoms with Crippen molar-refractivity contribution in [3.63, 3.8) is 0 Å². The van der Waals surface area contributed by atoms with Crippen LogP contribution in [0.15, 0.2) is 24.3 Å². The molecular formula is C20H33N3O3. The van der Waals surface area contributed by atoms with Crippen molar-refractivity contribution < 1.29 is 14.3 Å². The fraction of sp³-hybridized carbons (Fsp3) is 0.650. The third-order valence-electron chi connectivity index (χ3n) is 4.76. The zero-order chi connectivity index (χ0) is 18.9. The zero-order valence-corrected chi connectivity index (χ0v) is 16.5. The van der Waals surface area contributed by atoms with Crippen LogP contribution in [0.4, 0.5) is 0 Å². The van der Waals surface area contributed by atoms with Gasteiger partial charge in [-0.05, 0) is 31.5 Å². The van der Waals surface area contributed by atoms with E-state index >= 15 is 0 Å². The minimum absolute atomic E-state index is 0.00247. The van der Waals surface area contributed by atoms with Gasteiger partial charge in [0.25, 0.3) is 5.91 Å². The van der Waals surface area contributed by atoms with Crippen LogP contribution < -0.4 is 14.8 Å². The van der Waals surface area contributed by atoms with Crippen molar-refractivity contribution in [1.82, 2.24) is 15.1 Å². The number of amides is 1. The van der Waals surface area contributed by atoms with Gasteiger partial charge in [0.2, 0.25) is 0 Å². The highest BCUT2D eigenvalue weighted by Crippen LogP contribution is 2.25. The number of para-hydroxylation sites is 2. The summed E-state index contributed by atoms with van der Waals surface area (Å²) in [6.45, 7) is 9.40. The van der Waals surface area contributed by atoms with Gasteiger partial charge in [0.15, 0.2) is 18.1 Å². The Labute approximate surface area is 157 Å². The summed E-state index contributed by atoms with van der Waals surface area (Å²) in [4.78, 5) is 17.1. The fourth-order valence-corrected chi connectivity index (χ4v) is 3.26.